The number of rotatable bonds is 4. The van der Waals surface area contributed by atoms with Crippen LogP contribution in [0.4, 0.5) is 0 Å². The Labute approximate surface area is 66.4 Å². The number of hydrogen-bond acceptors (Lipinski definition) is 3. The smallest absolute Gasteiger partial charge is 0.237 e. The summed E-state index contributed by atoms with van der Waals surface area (Å²) >= 11 is 0. The fourth-order valence-corrected chi connectivity index (χ4v) is 0.862. The summed E-state index contributed by atoms with van der Waals surface area (Å²) in [6.45, 7) is 2.28. The van der Waals surface area contributed by atoms with Crippen LogP contribution < -0.4 is 11.1 Å². The number of carbonyl (C=O) groups excluding carboxylic acids is 1. The highest BCUT2D eigenvalue weighted by Gasteiger charge is 2.14. The molecule has 0 saturated heterocycles. The topological polar surface area (TPSA) is 78.9 Å². The monoisotopic (exact) mass is 155 g/mol. The first kappa shape index (κ1) is 9.92. The summed E-state index contributed by atoms with van der Waals surface area (Å²) < 4.78 is 0. The lowest BCUT2D eigenvalue weighted by Crippen LogP contribution is -2.32. The number of nitriles is 1. The minimum absolute atomic E-state index is 0.209. The molecule has 0 aliphatic carbocycles. The Morgan fingerprint density at radius 2 is 2.45 bits per heavy atom. The summed E-state index contributed by atoms with van der Waals surface area (Å²) in [5.41, 5.74) is 5.32. The third kappa shape index (κ3) is 3.58. The largest absolute Gasteiger partial charge is 0.330 e. The molecular weight excluding hydrogens is 142 g/mol. The number of hydrogen-bond donors (Lipinski definition) is 2. The molecule has 0 fully saturated rings. The van der Waals surface area contributed by atoms with Crippen LogP contribution in [0.1, 0.15) is 19.8 Å². The van der Waals surface area contributed by atoms with Gasteiger partial charge >= 0.3 is 0 Å². The Balaban J connectivity index is 3.83. The maximum Gasteiger partial charge on any atom is 0.237 e. The van der Waals surface area contributed by atoms with Gasteiger partial charge in [-0.25, -0.2) is 0 Å². The summed E-state index contributed by atoms with van der Waals surface area (Å²) in [6, 6.07) is 0. The predicted molar refractivity (Wildman–Crippen MR) is 41.2 cm³/mol. The van der Waals surface area contributed by atoms with Crippen LogP contribution in [-0.2, 0) is 4.79 Å². The molecule has 0 saturated carbocycles. The first-order valence-electron chi connectivity index (χ1n) is 3.65. The SMILES string of the molecule is CCCC(CN)C(=O)NC#N. The van der Waals surface area contributed by atoms with Gasteiger partial charge < -0.3 is 5.73 Å². The van der Waals surface area contributed by atoms with Crippen molar-refractivity contribution in [3.05, 3.63) is 0 Å². The van der Waals surface area contributed by atoms with E-state index in [2.05, 4.69) is 5.32 Å². The molecule has 0 aliphatic heterocycles. The third-order valence-corrected chi connectivity index (χ3v) is 1.47. The van der Waals surface area contributed by atoms with Gasteiger partial charge in [-0.2, -0.15) is 5.26 Å². The van der Waals surface area contributed by atoms with Gasteiger partial charge in [0.2, 0.25) is 5.91 Å². The maximum absolute atomic E-state index is 11.0. The van der Waals surface area contributed by atoms with E-state index in [0.717, 1.165) is 12.8 Å². The number of nitrogens with one attached hydrogen (secondary N) is 1. The van der Waals surface area contributed by atoms with Gasteiger partial charge in [-0.3, -0.25) is 10.1 Å². The predicted octanol–water partition coefficient (Wildman–Crippen LogP) is -0.0413. The molecule has 0 aliphatic rings. The van der Waals surface area contributed by atoms with Crippen LogP contribution in [0.25, 0.3) is 0 Å². The Kier molecular flexibility index (Phi) is 5.13. The molecular formula is C7H13N3O. The summed E-state index contributed by atoms with van der Waals surface area (Å²) in [7, 11) is 0. The van der Waals surface area contributed by atoms with Gasteiger partial charge in [0.05, 0.1) is 5.92 Å². The lowest BCUT2D eigenvalue weighted by atomic mass is 10.0. The number of nitrogens with two attached hydrogens (primary N) is 1. The van der Waals surface area contributed by atoms with Crippen LogP contribution in [0.2, 0.25) is 0 Å². The summed E-state index contributed by atoms with van der Waals surface area (Å²) in [5, 5.41) is 10.2. The average Bonchev–Trinajstić information content (AvgIpc) is 2.00. The average molecular weight is 155 g/mol. The molecule has 0 bridgehead atoms. The molecule has 0 heterocycles. The highest BCUT2D eigenvalue weighted by Crippen LogP contribution is 2.03. The van der Waals surface area contributed by atoms with Crippen molar-refractivity contribution >= 4 is 5.91 Å². The van der Waals surface area contributed by atoms with Crippen molar-refractivity contribution in [2.45, 2.75) is 19.8 Å². The van der Waals surface area contributed by atoms with Crippen LogP contribution in [0.5, 0.6) is 0 Å². The van der Waals surface area contributed by atoms with Gasteiger partial charge in [0.25, 0.3) is 0 Å². The summed E-state index contributed by atoms with van der Waals surface area (Å²) in [4.78, 5) is 11.0. The van der Waals surface area contributed by atoms with Crippen molar-refractivity contribution in [3.63, 3.8) is 0 Å². The van der Waals surface area contributed by atoms with Crippen LogP contribution >= 0.6 is 0 Å². The first-order chi connectivity index (χ1) is 5.26. The van der Waals surface area contributed by atoms with Gasteiger partial charge in [0, 0.05) is 6.54 Å². The molecule has 0 aromatic rings. The Bertz CT molecular complexity index is 162. The molecule has 0 aromatic heterocycles. The van der Waals surface area contributed by atoms with E-state index in [1.807, 2.05) is 6.92 Å². The molecule has 62 valence electrons. The van der Waals surface area contributed by atoms with Crippen molar-refractivity contribution in [2.75, 3.05) is 6.54 Å². The lowest BCUT2D eigenvalue weighted by molar-refractivity contribution is -0.123. The molecule has 0 aromatic carbocycles. The van der Waals surface area contributed by atoms with E-state index in [-0.39, 0.29) is 11.8 Å². The Morgan fingerprint density at radius 3 is 2.82 bits per heavy atom. The Hall–Kier alpha value is -1.08. The van der Waals surface area contributed by atoms with E-state index in [1.165, 1.54) is 0 Å². The zero-order chi connectivity index (χ0) is 8.69. The van der Waals surface area contributed by atoms with E-state index in [1.54, 1.807) is 6.19 Å². The van der Waals surface area contributed by atoms with Crippen LogP contribution in [0.3, 0.4) is 0 Å². The van der Waals surface area contributed by atoms with E-state index in [4.69, 9.17) is 11.0 Å². The van der Waals surface area contributed by atoms with E-state index in [0.29, 0.717) is 6.54 Å². The summed E-state index contributed by atoms with van der Waals surface area (Å²) in [5.74, 6) is -0.475. The van der Waals surface area contributed by atoms with Gasteiger partial charge in [-0.1, -0.05) is 13.3 Å². The Morgan fingerprint density at radius 1 is 1.82 bits per heavy atom. The molecule has 3 N–H and O–H groups in total. The number of carbonyl (C=O) groups is 1. The molecule has 0 radical (unpaired) electrons. The molecule has 1 unspecified atom stereocenters. The first-order valence-corrected chi connectivity index (χ1v) is 3.65. The van der Waals surface area contributed by atoms with Crippen molar-refractivity contribution in [1.29, 1.82) is 5.26 Å². The van der Waals surface area contributed by atoms with Gasteiger partial charge in [0.15, 0.2) is 6.19 Å². The molecule has 0 spiro atoms. The quantitative estimate of drug-likeness (QED) is 0.441. The van der Waals surface area contributed by atoms with Crippen LogP contribution in [0, 0.1) is 17.4 Å². The van der Waals surface area contributed by atoms with Crippen LogP contribution in [-0.4, -0.2) is 12.5 Å². The summed E-state index contributed by atoms with van der Waals surface area (Å²) in [6.07, 6.45) is 3.23. The van der Waals surface area contributed by atoms with Gasteiger partial charge in [-0.05, 0) is 6.42 Å². The maximum atomic E-state index is 11.0. The molecule has 1 amide bonds. The van der Waals surface area contributed by atoms with Gasteiger partial charge in [-0.15, -0.1) is 0 Å². The number of amides is 1. The molecule has 4 heteroatoms. The van der Waals surface area contributed by atoms with Crippen molar-refractivity contribution in [1.82, 2.24) is 5.32 Å². The van der Waals surface area contributed by atoms with E-state index in [9.17, 15) is 4.79 Å². The zero-order valence-corrected chi connectivity index (χ0v) is 6.63. The fourth-order valence-electron chi connectivity index (χ4n) is 0.862. The van der Waals surface area contributed by atoms with E-state index >= 15 is 0 Å². The third-order valence-electron chi connectivity index (χ3n) is 1.47. The molecule has 4 nitrogen and oxygen atoms in total. The highest BCUT2D eigenvalue weighted by molar-refractivity contribution is 5.80. The molecule has 1 atom stereocenters. The molecule has 11 heavy (non-hydrogen) atoms. The second kappa shape index (κ2) is 5.69. The minimum Gasteiger partial charge on any atom is -0.330 e. The van der Waals surface area contributed by atoms with E-state index < -0.39 is 0 Å². The lowest BCUT2D eigenvalue weighted by Gasteiger charge is -2.09. The normalized spacial score (nSPS) is 11.7. The van der Waals surface area contributed by atoms with Crippen molar-refractivity contribution in [3.8, 4) is 6.19 Å². The van der Waals surface area contributed by atoms with Gasteiger partial charge in [0.1, 0.15) is 0 Å². The number of nitrogens with zero attached hydrogens (tertiary/aromatic N) is 1. The van der Waals surface area contributed by atoms with Crippen molar-refractivity contribution < 1.29 is 4.79 Å². The van der Waals surface area contributed by atoms with Crippen molar-refractivity contribution in [2.24, 2.45) is 11.7 Å². The van der Waals surface area contributed by atoms with Crippen LogP contribution in [0.15, 0.2) is 0 Å². The minimum atomic E-state index is -0.267. The fraction of sp³-hybridized carbons (Fsp3) is 0.714. The standard InChI is InChI=1S/C7H13N3O/c1-2-3-6(4-8)7(11)10-5-9/h6H,2-4,8H2,1H3,(H,10,11). The second-order valence-electron chi connectivity index (χ2n) is 2.32. The highest BCUT2D eigenvalue weighted by atomic mass is 16.1. The zero-order valence-electron chi connectivity index (χ0n) is 6.63. The molecule has 0 rings (SSSR count). The second-order valence-corrected chi connectivity index (χ2v) is 2.32.